The summed E-state index contributed by atoms with van der Waals surface area (Å²) in [7, 11) is 0. The monoisotopic (exact) mass is 300 g/mol. The molecule has 1 amide bonds. The Hall–Kier alpha value is -2.27. The number of carbonyl (C=O) groups is 1. The van der Waals surface area contributed by atoms with E-state index in [1.54, 1.807) is 24.5 Å². The molecule has 0 saturated heterocycles. The summed E-state index contributed by atoms with van der Waals surface area (Å²) in [6.45, 7) is 0.549. The van der Waals surface area contributed by atoms with Gasteiger partial charge in [-0.1, -0.05) is 6.07 Å². The molecule has 2 aromatic heterocycles. The Labute approximate surface area is 125 Å². The fourth-order valence-electron chi connectivity index (χ4n) is 2.08. The number of hydrogen-bond acceptors (Lipinski definition) is 3. The topological polar surface area (TPSA) is 42.0 Å². The van der Waals surface area contributed by atoms with E-state index >= 15 is 0 Å². The zero-order valence-corrected chi connectivity index (χ0v) is 12.0. The second-order valence-electron chi connectivity index (χ2n) is 4.66. The summed E-state index contributed by atoms with van der Waals surface area (Å²) in [6.07, 6.45) is 4.24. The summed E-state index contributed by atoms with van der Waals surface area (Å²) in [4.78, 5) is 16.7. The highest BCUT2D eigenvalue weighted by molar-refractivity contribution is 7.20. The highest BCUT2D eigenvalue weighted by Crippen LogP contribution is 2.26. The Morgan fingerprint density at radius 2 is 2.19 bits per heavy atom. The molecule has 0 unspecified atom stereocenters. The molecule has 21 heavy (non-hydrogen) atoms. The summed E-state index contributed by atoms with van der Waals surface area (Å²) in [5.41, 5.74) is 1.08. The summed E-state index contributed by atoms with van der Waals surface area (Å²) in [6, 6.07) is 10.1. The van der Waals surface area contributed by atoms with E-state index in [-0.39, 0.29) is 11.7 Å². The van der Waals surface area contributed by atoms with Crippen LogP contribution in [0.3, 0.4) is 0 Å². The number of carbonyl (C=O) groups excluding carboxylic acids is 1. The second-order valence-corrected chi connectivity index (χ2v) is 5.74. The fourth-order valence-corrected chi connectivity index (χ4v) is 3.04. The van der Waals surface area contributed by atoms with Crippen molar-refractivity contribution in [3.8, 4) is 0 Å². The van der Waals surface area contributed by atoms with Gasteiger partial charge < -0.3 is 5.32 Å². The molecule has 0 spiro atoms. The van der Waals surface area contributed by atoms with Crippen molar-refractivity contribution in [2.24, 2.45) is 0 Å². The van der Waals surface area contributed by atoms with E-state index in [1.165, 1.54) is 23.5 Å². The van der Waals surface area contributed by atoms with Gasteiger partial charge in [-0.25, -0.2) is 4.39 Å². The van der Waals surface area contributed by atoms with Crippen molar-refractivity contribution in [1.82, 2.24) is 10.3 Å². The van der Waals surface area contributed by atoms with Crippen LogP contribution in [-0.4, -0.2) is 17.4 Å². The van der Waals surface area contributed by atoms with Gasteiger partial charge in [0.05, 0.1) is 4.88 Å². The largest absolute Gasteiger partial charge is 0.351 e. The van der Waals surface area contributed by atoms with Crippen molar-refractivity contribution in [2.45, 2.75) is 6.42 Å². The Balaban J connectivity index is 1.64. The molecule has 2 heterocycles. The van der Waals surface area contributed by atoms with Crippen molar-refractivity contribution in [3.05, 3.63) is 65.0 Å². The molecule has 0 aliphatic heterocycles. The lowest BCUT2D eigenvalue weighted by Gasteiger charge is -2.03. The molecular formula is C16H13FN2OS. The highest BCUT2D eigenvalue weighted by Gasteiger charge is 2.10. The molecule has 0 aliphatic carbocycles. The van der Waals surface area contributed by atoms with Gasteiger partial charge >= 0.3 is 0 Å². The first-order chi connectivity index (χ1) is 10.2. The lowest BCUT2D eigenvalue weighted by atomic mass is 10.2. The Bertz CT molecular complexity index is 770. The first-order valence-electron chi connectivity index (χ1n) is 6.58. The van der Waals surface area contributed by atoms with E-state index < -0.39 is 0 Å². The number of pyridine rings is 1. The molecule has 0 saturated carbocycles. The molecule has 0 aliphatic rings. The van der Waals surface area contributed by atoms with Gasteiger partial charge in [0.25, 0.3) is 5.91 Å². The van der Waals surface area contributed by atoms with Gasteiger partial charge in [0.1, 0.15) is 5.82 Å². The Kier molecular flexibility index (Phi) is 3.92. The number of hydrogen-bond donors (Lipinski definition) is 1. The maximum absolute atomic E-state index is 13.1. The van der Waals surface area contributed by atoms with Gasteiger partial charge in [-0.15, -0.1) is 11.3 Å². The van der Waals surface area contributed by atoms with E-state index in [0.717, 1.165) is 22.1 Å². The predicted molar refractivity (Wildman–Crippen MR) is 82.1 cm³/mol. The zero-order chi connectivity index (χ0) is 14.7. The molecule has 3 nitrogen and oxygen atoms in total. The van der Waals surface area contributed by atoms with Crippen molar-refractivity contribution in [3.63, 3.8) is 0 Å². The van der Waals surface area contributed by atoms with Gasteiger partial charge in [-0.05, 0) is 47.7 Å². The molecule has 5 heteroatoms. The molecule has 0 atom stereocenters. The van der Waals surface area contributed by atoms with Crippen LogP contribution in [0.15, 0.2) is 48.8 Å². The van der Waals surface area contributed by atoms with E-state index in [2.05, 4.69) is 10.3 Å². The van der Waals surface area contributed by atoms with Crippen LogP contribution in [0.4, 0.5) is 4.39 Å². The highest BCUT2D eigenvalue weighted by atomic mass is 32.1. The third kappa shape index (κ3) is 3.25. The average molecular weight is 300 g/mol. The summed E-state index contributed by atoms with van der Waals surface area (Å²) < 4.78 is 14.0. The van der Waals surface area contributed by atoms with E-state index in [0.29, 0.717) is 11.4 Å². The summed E-state index contributed by atoms with van der Waals surface area (Å²) in [5, 5.41) is 3.63. The van der Waals surface area contributed by atoms with Crippen LogP contribution in [0.1, 0.15) is 15.2 Å². The number of rotatable bonds is 4. The van der Waals surface area contributed by atoms with Gasteiger partial charge in [0.2, 0.25) is 0 Å². The average Bonchev–Trinajstić information content (AvgIpc) is 2.91. The first kappa shape index (κ1) is 13.7. The van der Waals surface area contributed by atoms with Crippen LogP contribution in [-0.2, 0) is 6.42 Å². The van der Waals surface area contributed by atoms with Gasteiger partial charge in [-0.3, -0.25) is 9.78 Å². The van der Waals surface area contributed by atoms with Gasteiger partial charge in [0, 0.05) is 23.6 Å². The summed E-state index contributed by atoms with van der Waals surface area (Å²) >= 11 is 1.37. The van der Waals surface area contributed by atoms with Crippen LogP contribution >= 0.6 is 11.3 Å². The van der Waals surface area contributed by atoms with Crippen LogP contribution in [0.2, 0.25) is 0 Å². The number of benzene rings is 1. The van der Waals surface area contributed by atoms with Crippen molar-refractivity contribution in [2.75, 3.05) is 6.54 Å². The standard InChI is InChI=1S/C16H13FN2OS/c17-13-3-4-14-12(8-13)9-15(21-14)16(20)19-7-5-11-2-1-6-18-10-11/h1-4,6,8-10H,5,7H2,(H,19,20). The minimum atomic E-state index is -0.288. The second kappa shape index (κ2) is 6.01. The first-order valence-corrected chi connectivity index (χ1v) is 7.40. The quantitative estimate of drug-likeness (QED) is 0.802. The number of nitrogens with one attached hydrogen (secondary N) is 1. The van der Waals surface area contributed by atoms with Gasteiger partial charge in [-0.2, -0.15) is 0 Å². The van der Waals surface area contributed by atoms with E-state index in [4.69, 9.17) is 0 Å². The number of fused-ring (bicyclic) bond motifs is 1. The third-order valence-electron chi connectivity index (χ3n) is 3.12. The lowest BCUT2D eigenvalue weighted by Crippen LogP contribution is -2.24. The van der Waals surface area contributed by atoms with Crippen molar-refractivity contribution < 1.29 is 9.18 Å². The molecular weight excluding hydrogens is 287 g/mol. The van der Waals surface area contributed by atoms with Gasteiger partial charge in [0.15, 0.2) is 0 Å². The molecule has 106 valence electrons. The molecule has 1 N–H and O–H groups in total. The fraction of sp³-hybridized carbons (Fsp3) is 0.125. The third-order valence-corrected chi connectivity index (χ3v) is 4.24. The molecule has 3 rings (SSSR count). The smallest absolute Gasteiger partial charge is 0.261 e. The normalized spacial score (nSPS) is 10.7. The van der Waals surface area contributed by atoms with Crippen LogP contribution in [0, 0.1) is 5.82 Å². The maximum atomic E-state index is 13.1. The molecule has 3 aromatic rings. The zero-order valence-electron chi connectivity index (χ0n) is 11.2. The number of amides is 1. The van der Waals surface area contributed by atoms with Crippen molar-refractivity contribution >= 4 is 27.3 Å². The predicted octanol–water partition coefficient (Wildman–Crippen LogP) is 3.41. The minimum absolute atomic E-state index is 0.125. The molecule has 1 aromatic carbocycles. The van der Waals surface area contributed by atoms with Crippen LogP contribution < -0.4 is 5.32 Å². The minimum Gasteiger partial charge on any atom is -0.351 e. The summed E-state index contributed by atoms with van der Waals surface area (Å²) in [5.74, 6) is -0.413. The Morgan fingerprint density at radius 3 is 3.00 bits per heavy atom. The Morgan fingerprint density at radius 1 is 1.29 bits per heavy atom. The lowest BCUT2D eigenvalue weighted by molar-refractivity contribution is 0.0958. The van der Waals surface area contributed by atoms with E-state index in [9.17, 15) is 9.18 Å². The number of thiophene rings is 1. The van der Waals surface area contributed by atoms with Crippen LogP contribution in [0.5, 0.6) is 0 Å². The number of halogens is 1. The molecule has 0 bridgehead atoms. The molecule has 0 fully saturated rings. The number of nitrogens with zero attached hydrogens (tertiary/aromatic N) is 1. The number of aromatic nitrogens is 1. The maximum Gasteiger partial charge on any atom is 0.261 e. The SMILES string of the molecule is O=C(NCCc1cccnc1)c1cc2cc(F)ccc2s1. The van der Waals surface area contributed by atoms with Crippen LogP contribution in [0.25, 0.3) is 10.1 Å². The molecule has 0 radical (unpaired) electrons. The van der Waals surface area contributed by atoms with E-state index in [1.807, 2.05) is 12.1 Å². The van der Waals surface area contributed by atoms with Crippen molar-refractivity contribution in [1.29, 1.82) is 0 Å².